The van der Waals surface area contributed by atoms with E-state index in [-0.39, 0.29) is 27.4 Å². The maximum Gasteiger partial charge on any atom is 0.339 e. The van der Waals surface area contributed by atoms with Crippen molar-refractivity contribution in [1.29, 1.82) is 0 Å². The Morgan fingerprint density at radius 3 is 1.86 bits per heavy atom. The number of rotatable bonds is 5. The van der Waals surface area contributed by atoms with Crippen LogP contribution < -0.4 is 0 Å². The van der Waals surface area contributed by atoms with Crippen LogP contribution in [0.15, 0.2) is 51.6 Å². The molecular formula is C18H15N3O6S. The molecular weight excluding hydrogens is 386 g/mol. The number of amidine groups is 1. The van der Waals surface area contributed by atoms with Gasteiger partial charge in [0.25, 0.3) is 0 Å². The highest BCUT2D eigenvalue weighted by atomic mass is 32.2. The molecule has 10 heteroatoms. The van der Waals surface area contributed by atoms with Crippen LogP contribution in [0, 0.1) is 0 Å². The van der Waals surface area contributed by atoms with E-state index in [1.807, 2.05) is 0 Å². The molecule has 0 saturated carbocycles. The van der Waals surface area contributed by atoms with Crippen LogP contribution in [0.4, 0.5) is 0 Å². The summed E-state index contributed by atoms with van der Waals surface area (Å²) in [5.74, 6) is -3.38. The fourth-order valence-corrected chi connectivity index (χ4v) is 2.35. The van der Waals surface area contributed by atoms with Gasteiger partial charge in [0.2, 0.25) is 5.17 Å². The van der Waals surface area contributed by atoms with Crippen LogP contribution in [-0.2, 0) is 0 Å². The highest BCUT2D eigenvalue weighted by Crippen LogP contribution is 2.22. The number of carbonyl (C=O) groups is 2. The first kappa shape index (κ1) is 20.6. The van der Waals surface area contributed by atoms with Crippen LogP contribution in [0.25, 0.3) is 0 Å². The number of aromatic hydroxyl groups is 2. The van der Waals surface area contributed by atoms with Gasteiger partial charge in [-0.3, -0.25) is 0 Å². The molecule has 0 unspecified atom stereocenters. The molecule has 0 bridgehead atoms. The molecule has 2 aromatic rings. The standard InChI is InChI=1S/C18H15N3O6S/c1-28-18(19-8-10-4-2-6-12(14(10)22)16(24)25)21-20-9-11-5-3-7-13(15(11)23)17(26)27/h2-9,22-23H,1H3,(H,24,25)(H,26,27)/b19-8-,20-9-,21-18+. The molecule has 0 aliphatic heterocycles. The van der Waals surface area contributed by atoms with Gasteiger partial charge in [-0.15, -0.1) is 5.10 Å². The van der Waals surface area contributed by atoms with Crippen molar-refractivity contribution in [3.63, 3.8) is 0 Å². The monoisotopic (exact) mass is 401 g/mol. The van der Waals surface area contributed by atoms with Gasteiger partial charge in [-0.05, 0) is 30.5 Å². The van der Waals surface area contributed by atoms with Gasteiger partial charge in [0, 0.05) is 17.3 Å². The Labute approximate surface area is 163 Å². The molecule has 0 amide bonds. The molecule has 0 atom stereocenters. The minimum Gasteiger partial charge on any atom is -0.506 e. The average molecular weight is 401 g/mol. The van der Waals surface area contributed by atoms with Gasteiger partial charge in [-0.25, -0.2) is 14.6 Å². The number of carboxylic acids is 2. The molecule has 0 aliphatic rings. The van der Waals surface area contributed by atoms with Crippen molar-refractivity contribution in [2.75, 3.05) is 6.26 Å². The van der Waals surface area contributed by atoms with E-state index in [0.717, 1.165) is 11.8 Å². The third kappa shape index (κ3) is 4.95. The van der Waals surface area contributed by atoms with Gasteiger partial charge in [0.15, 0.2) is 0 Å². The summed E-state index contributed by atoms with van der Waals surface area (Å²) >= 11 is 1.14. The van der Waals surface area contributed by atoms with Crippen molar-refractivity contribution >= 4 is 41.3 Å². The smallest absolute Gasteiger partial charge is 0.339 e. The first-order chi connectivity index (χ1) is 13.3. The summed E-state index contributed by atoms with van der Waals surface area (Å²) in [5.41, 5.74) is -0.152. The summed E-state index contributed by atoms with van der Waals surface area (Å²) in [4.78, 5) is 26.1. The van der Waals surface area contributed by atoms with Gasteiger partial charge in [0.1, 0.15) is 22.6 Å². The van der Waals surface area contributed by atoms with E-state index in [4.69, 9.17) is 10.2 Å². The molecule has 4 N–H and O–H groups in total. The predicted octanol–water partition coefficient (Wildman–Crippen LogP) is 2.67. The fourth-order valence-electron chi connectivity index (χ4n) is 2.06. The van der Waals surface area contributed by atoms with Crippen LogP contribution in [0.2, 0.25) is 0 Å². The lowest BCUT2D eigenvalue weighted by Crippen LogP contribution is -1.99. The average Bonchev–Trinajstić information content (AvgIpc) is 2.66. The maximum atomic E-state index is 11.0. The molecule has 0 heterocycles. The first-order valence-electron chi connectivity index (χ1n) is 7.64. The third-order valence-electron chi connectivity index (χ3n) is 3.43. The Morgan fingerprint density at radius 1 is 0.893 bits per heavy atom. The largest absolute Gasteiger partial charge is 0.506 e. The third-order valence-corrected chi connectivity index (χ3v) is 3.98. The van der Waals surface area contributed by atoms with Crippen molar-refractivity contribution in [3.05, 3.63) is 58.7 Å². The van der Waals surface area contributed by atoms with Crippen LogP contribution in [0.1, 0.15) is 31.8 Å². The number of benzene rings is 2. The second-order valence-corrected chi connectivity index (χ2v) is 5.96. The Hall–Kier alpha value is -3.66. The van der Waals surface area contributed by atoms with Crippen LogP contribution in [-0.4, -0.2) is 56.2 Å². The highest BCUT2D eigenvalue weighted by molar-refractivity contribution is 8.13. The number of hydrogen-bond donors (Lipinski definition) is 4. The van der Waals surface area contributed by atoms with E-state index in [2.05, 4.69) is 15.2 Å². The molecule has 0 fully saturated rings. The molecule has 9 nitrogen and oxygen atoms in total. The minimum atomic E-state index is -1.27. The number of nitrogens with zero attached hydrogens (tertiary/aromatic N) is 3. The Balaban J connectivity index is 2.24. The van der Waals surface area contributed by atoms with Gasteiger partial charge in [-0.2, -0.15) is 5.10 Å². The zero-order valence-corrected chi connectivity index (χ0v) is 15.3. The fraction of sp³-hybridized carbons (Fsp3) is 0.0556. The van der Waals surface area contributed by atoms with Crippen molar-refractivity contribution in [1.82, 2.24) is 0 Å². The summed E-state index contributed by atoms with van der Waals surface area (Å²) in [6.45, 7) is 0. The Kier molecular flexibility index (Phi) is 6.88. The molecule has 0 spiro atoms. The van der Waals surface area contributed by atoms with Crippen molar-refractivity contribution < 1.29 is 30.0 Å². The molecule has 0 saturated heterocycles. The molecule has 2 rings (SSSR count). The van der Waals surface area contributed by atoms with E-state index in [9.17, 15) is 19.8 Å². The SMILES string of the molecule is CSC(/N=C\c1cccc(C(=O)O)c1O)=N/N=C\c1cccc(C(=O)O)c1O. The van der Waals surface area contributed by atoms with Crippen LogP contribution >= 0.6 is 11.8 Å². The lowest BCUT2D eigenvalue weighted by molar-refractivity contribution is 0.0682. The number of aliphatic imine (C=N–C) groups is 1. The highest BCUT2D eigenvalue weighted by Gasteiger charge is 2.12. The molecule has 28 heavy (non-hydrogen) atoms. The van der Waals surface area contributed by atoms with Crippen molar-refractivity contribution in [2.24, 2.45) is 15.2 Å². The number of thioether (sulfide) groups is 1. The second-order valence-electron chi connectivity index (χ2n) is 5.19. The molecule has 0 aromatic heterocycles. The van der Waals surface area contributed by atoms with E-state index in [0.29, 0.717) is 0 Å². The van der Waals surface area contributed by atoms with Crippen molar-refractivity contribution in [2.45, 2.75) is 0 Å². The van der Waals surface area contributed by atoms with Gasteiger partial charge < -0.3 is 20.4 Å². The molecule has 144 valence electrons. The number of para-hydroxylation sites is 2. The number of carboxylic acid groups (broad SMARTS) is 2. The lowest BCUT2D eigenvalue weighted by Gasteiger charge is -2.02. The number of phenols is 2. The zero-order valence-electron chi connectivity index (χ0n) is 14.5. The van der Waals surface area contributed by atoms with Crippen molar-refractivity contribution in [3.8, 4) is 11.5 Å². The normalized spacial score (nSPS) is 12.0. The van der Waals surface area contributed by atoms with Crippen LogP contribution in [0.3, 0.4) is 0 Å². The number of hydrogen-bond acceptors (Lipinski definition) is 7. The van der Waals surface area contributed by atoms with E-state index >= 15 is 0 Å². The van der Waals surface area contributed by atoms with Gasteiger partial charge in [-0.1, -0.05) is 23.9 Å². The van der Waals surface area contributed by atoms with E-state index in [1.54, 1.807) is 6.26 Å². The zero-order chi connectivity index (χ0) is 20.7. The van der Waals surface area contributed by atoms with Gasteiger partial charge in [0.05, 0.1) is 6.21 Å². The quantitative estimate of drug-likeness (QED) is 0.341. The topological polar surface area (TPSA) is 152 Å². The van der Waals surface area contributed by atoms with Gasteiger partial charge >= 0.3 is 11.9 Å². The number of aromatic carboxylic acids is 2. The summed E-state index contributed by atoms with van der Waals surface area (Å²) in [5, 5.41) is 45.6. The first-order valence-corrected chi connectivity index (χ1v) is 8.87. The predicted molar refractivity (Wildman–Crippen MR) is 106 cm³/mol. The van der Waals surface area contributed by atoms with Crippen LogP contribution in [0.5, 0.6) is 11.5 Å². The molecule has 2 aromatic carbocycles. The summed E-state index contributed by atoms with van der Waals surface area (Å²) < 4.78 is 0. The van der Waals surface area contributed by atoms with E-state index < -0.39 is 23.4 Å². The maximum absolute atomic E-state index is 11.0. The van der Waals surface area contributed by atoms with E-state index in [1.165, 1.54) is 48.8 Å². The molecule has 0 aliphatic carbocycles. The second kappa shape index (κ2) is 9.33. The Bertz CT molecular complexity index is 1000. The minimum absolute atomic E-state index is 0.167. The molecule has 0 radical (unpaired) electrons. The Morgan fingerprint density at radius 2 is 1.39 bits per heavy atom. The summed E-state index contributed by atoms with van der Waals surface area (Å²) in [6, 6.07) is 8.41. The summed E-state index contributed by atoms with van der Waals surface area (Å²) in [6.07, 6.45) is 4.10. The summed E-state index contributed by atoms with van der Waals surface area (Å²) in [7, 11) is 0. The lowest BCUT2D eigenvalue weighted by atomic mass is 10.1.